The highest BCUT2D eigenvalue weighted by Gasteiger charge is 2.29. The van der Waals surface area contributed by atoms with Crippen LogP contribution in [0.2, 0.25) is 0 Å². The summed E-state index contributed by atoms with van der Waals surface area (Å²) in [5.41, 5.74) is 8.05. The highest BCUT2D eigenvalue weighted by atomic mass is 16.5. The third-order valence-corrected chi connectivity index (χ3v) is 4.18. The number of hydrogen-bond donors (Lipinski definition) is 1. The van der Waals surface area contributed by atoms with E-state index in [0.29, 0.717) is 0 Å². The predicted octanol–water partition coefficient (Wildman–Crippen LogP) is 3.68. The van der Waals surface area contributed by atoms with Crippen LogP contribution in [0.15, 0.2) is 18.2 Å². The maximum absolute atomic E-state index is 6.01. The highest BCUT2D eigenvalue weighted by molar-refractivity contribution is 5.62. The van der Waals surface area contributed by atoms with E-state index >= 15 is 0 Å². The number of benzene rings is 1. The van der Waals surface area contributed by atoms with E-state index in [-0.39, 0.29) is 0 Å². The summed E-state index contributed by atoms with van der Waals surface area (Å²) in [6.45, 7) is 5.26. The Morgan fingerprint density at radius 3 is 2.35 bits per heavy atom. The van der Waals surface area contributed by atoms with Crippen molar-refractivity contribution in [2.24, 2.45) is 11.8 Å². The molecule has 0 aromatic heterocycles. The molecule has 3 rings (SSSR count). The maximum Gasteiger partial charge on any atom is 0.144 e. The van der Waals surface area contributed by atoms with E-state index in [2.05, 4.69) is 24.0 Å². The van der Waals surface area contributed by atoms with Gasteiger partial charge in [0.1, 0.15) is 5.75 Å². The second kappa shape index (κ2) is 5.94. The van der Waals surface area contributed by atoms with Gasteiger partial charge >= 0.3 is 0 Å². The Balaban J connectivity index is 1.73. The Labute approximate surface area is 122 Å². The third-order valence-electron chi connectivity index (χ3n) is 4.18. The first-order valence-electron chi connectivity index (χ1n) is 8.03. The Bertz CT molecular complexity index is 438. The van der Waals surface area contributed by atoms with Gasteiger partial charge in [0.2, 0.25) is 0 Å². The Morgan fingerprint density at radius 2 is 1.80 bits per heavy atom. The summed E-state index contributed by atoms with van der Waals surface area (Å²) in [6, 6.07) is 6.28. The zero-order valence-electron chi connectivity index (χ0n) is 12.5. The van der Waals surface area contributed by atoms with Gasteiger partial charge in [-0.1, -0.05) is 6.92 Å². The van der Waals surface area contributed by atoms with E-state index in [0.717, 1.165) is 36.3 Å². The number of anilines is 2. The fourth-order valence-electron chi connectivity index (χ4n) is 2.57. The average molecular weight is 274 g/mol. The van der Waals surface area contributed by atoms with Crippen LogP contribution >= 0.6 is 0 Å². The second-order valence-corrected chi connectivity index (χ2v) is 6.36. The molecule has 1 aromatic carbocycles. The summed E-state index contributed by atoms with van der Waals surface area (Å²) in [6.07, 6.45) is 6.60. The lowest BCUT2D eigenvalue weighted by molar-refractivity contribution is 0.319. The van der Waals surface area contributed by atoms with Gasteiger partial charge in [0.05, 0.1) is 12.3 Å². The molecule has 0 aliphatic heterocycles. The summed E-state index contributed by atoms with van der Waals surface area (Å²) in [5, 5.41) is 0. The minimum absolute atomic E-state index is 0.735. The Hall–Kier alpha value is -1.38. The van der Waals surface area contributed by atoms with Gasteiger partial charge in [-0.15, -0.1) is 0 Å². The fraction of sp³-hybridized carbons (Fsp3) is 0.647. The molecule has 2 aliphatic rings. The maximum atomic E-state index is 6.01. The van der Waals surface area contributed by atoms with E-state index in [1.807, 2.05) is 6.07 Å². The lowest BCUT2D eigenvalue weighted by Gasteiger charge is -2.25. The number of rotatable bonds is 8. The van der Waals surface area contributed by atoms with Crippen molar-refractivity contribution in [3.8, 4) is 5.75 Å². The van der Waals surface area contributed by atoms with Gasteiger partial charge in [-0.2, -0.15) is 0 Å². The molecule has 0 amide bonds. The van der Waals surface area contributed by atoms with E-state index in [1.54, 1.807) is 0 Å². The lowest BCUT2D eigenvalue weighted by Crippen LogP contribution is -2.28. The van der Waals surface area contributed by atoms with Crippen molar-refractivity contribution in [2.45, 2.75) is 39.0 Å². The van der Waals surface area contributed by atoms with Crippen LogP contribution in [0, 0.1) is 11.8 Å². The van der Waals surface area contributed by atoms with Crippen molar-refractivity contribution >= 4 is 11.4 Å². The predicted molar refractivity (Wildman–Crippen MR) is 84.3 cm³/mol. The summed E-state index contributed by atoms with van der Waals surface area (Å²) in [7, 11) is 0. The first kappa shape index (κ1) is 13.6. The molecule has 0 unspecified atom stereocenters. The molecule has 0 spiro atoms. The fourth-order valence-corrected chi connectivity index (χ4v) is 2.57. The van der Waals surface area contributed by atoms with E-state index in [1.165, 1.54) is 44.5 Å². The van der Waals surface area contributed by atoms with Crippen LogP contribution in [-0.2, 0) is 0 Å². The largest absolute Gasteiger partial charge is 0.491 e. The number of hydrogen-bond acceptors (Lipinski definition) is 3. The summed E-state index contributed by atoms with van der Waals surface area (Å²) in [5.74, 6) is 2.67. The van der Waals surface area contributed by atoms with Crippen LogP contribution < -0.4 is 15.4 Å². The Kier molecular flexibility index (Phi) is 4.04. The minimum Gasteiger partial charge on any atom is -0.491 e. The molecule has 3 nitrogen and oxygen atoms in total. The van der Waals surface area contributed by atoms with Crippen molar-refractivity contribution in [1.29, 1.82) is 0 Å². The van der Waals surface area contributed by atoms with Gasteiger partial charge in [-0.3, -0.25) is 0 Å². The zero-order valence-corrected chi connectivity index (χ0v) is 12.5. The molecule has 0 heterocycles. The van der Waals surface area contributed by atoms with Gasteiger partial charge < -0.3 is 15.4 Å². The van der Waals surface area contributed by atoms with Gasteiger partial charge in [0.25, 0.3) is 0 Å². The molecule has 2 N–H and O–H groups in total. The molecule has 2 aliphatic carbocycles. The van der Waals surface area contributed by atoms with Gasteiger partial charge in [-0.25, -0.2) is 0 Å². The van der Waals surface area contributed by atoms with Crippen LogP contribution in [0.1, 0.15) is 39.0 Å². The monoisotopic (exact) mass is 274 g/mol. The van der Waals surface area contributed by atoms with Gasteiger partial charge in [0, 0.05) is 24.8 Å². The van der Waals surface area contributed by atoms with Crippen molar-refractivity contribution in [3.63, 3.8) is 0 Å². The van der Waals surface area contributed by atoms with Crippen LogP contribution in [0.4, 0.5) is 11.4 Å². The van der Waals surface area contributed by atoms with Gasteiger partial charge in [-0.05, 0) is 56.1 Å². The van der Waals surface area contributed by atoms with Crippen LogP contribution in [0.5, 0.6) is 5.75 Å². The first-order chi connectivity index (χ1) is 9.76. The van der Waals surface area contributed by atoms with Crippen molar-refractivity contribution in [1.82, 2.24) is 0 Å². The SMILES string of the molecule is CCCOc1cc(N(CC2CC2)CC2CC2)ccc1N. The molecule has 2 saturated carbocycles. The molecule has 3 heteroatoms. The van der Waals surface area contributed by atoms with E-state index in [9.17, 15) is 0 Å². The summed E-state index contributed by atoms with van der Waals surface area (Å²) in [4.78, 5) is 2.55. The molecular formula is C17H26N2O. The summed E-state index contributed by atoms with van der Waals surface area (Å²) >= 11 is 0. The van der Waals surface area contributed by atoms with E-state index in [4.69, 9.17) is 10.5 Å². The first-order valence-corrected chi connectivity index (χ1v) is 8.03. The number of nitrogens with two attached hydrogens (primary N) is 1. The highest BCUT2D eigenvalue weighted by Crippen LogP contribution is 2.37. The molecule has 2 fully saturated rings. The zero-order chi connectivity index (χ0) is 13.9. The van der Waals surface area contributed by atoms with Crippen molar-refractivity contribution in [3.05, 3.63) is 18.2 Å². The minimum atomic E-state index is 0.735. The third kappa shape index (κ3) is 3.59. The van der Waals surface area contributed by atoms with E-state index < -0.39 is 0 Å². The normalized spacial score (nSPS) is 18.1. The smallest absolute Gasteiger partial charge is 0.144 e. The molecule has 110 valence electrons. The molecule has 0 bridgehead atoms. The van der Waals surface area contributed by atoms with Crippen LogP contribution in [0.25, 0.3) is 0 Å². The van der Waals surface area contributed by atoms with Crippen molar-refractivity contribution < 1.29 is 4.74 Å². The quantitative estimate of drug-likeness (QED) is 0.735. The second-order valence-electron chi connectivity index (χ2n) is 6.36. The molecule has 1 aromatic rings. The average Bonchev–Trinajstić information content (AvgIpc) is 3.32. The molecule has 0 saturated heterocycles. The number of nitrogens with zero attached hydrogens (tertiary/aromatic N) is 1. The molecule has 20 heavy (non-hydrogen) atoms. The summed E-state index contributed by atoms with van der Waals surface area (Å²) < 4.78 is 5.77. The van der Waals surface area contributed by atoms with Gasteiger partial charge in [0.15, 0.2) is 0 Å². The molecular weight excluding hydrogens is 248 g/mol. The van der Waals surface area contributed by atoms with Crippen molar-refractivity contribution in [2.75, 3.05) is 30.3 Å². The van der Waals surface area contributed by atoms with Crippen LogP contribution in [0.3, 0.4) is 0 Å². The molecule has 0 radical (unpaired) electrons. The Morgan fingerprint density at radius 1 is 1.15 bits per heavy atom. The number of ether oxygens (including phenoxy) is 1. The molecule has 0 atom stereocenters. The number of nitrogen functional groups attached to an aromatic ring is 1. The lowest BCUT2D eigenvalue weighted by atomic mass is 10.2. The standard InChI is InChI=1S/C17H26N2O/c1-2-9-20-17-10-15(7-8-16(17)18)19(11-13-3-4-13)12-14-5-6-14/h7-8,10,13-14H,2-6,9,11-12,18H2,1H3. The van der Waals surface area contributed by atoms with Crippen LogP contribution in [-0.4, -0.2) is 19.7 Å². The topological polar surface area (TPSA) is 38.5 Å².